The summed E-state index contributed by atoms with van der Waals surface area (Å²) in [6.45, 7) is 1.16. The van der Waals surface area contributed by atoms with Crippen LogP contribution >= 0.6 is 0 Å². The lowest BCUT2D eigenvalue weighted by atomic mass is 9.76. The van der Waals surface area contributed by atoms with Crippen LogP contribution in [0.1, 0.15) is 19.3 Å². The van der Waals surface area contributed by atoms with Crippen LogP contribution in [0.15, 0.2) is 30.3 Å². The maximum atomic E-state index is 6.13. The number of nitrogens with two attached hydrogens (primary N) is 1. The monoisotopic (exact) mass is 202 g/mol. The molecule has 2 saturated heterocycles. The van der Waals surface area contributed by atoms with Crippen molar-refractivity contribution < 1.29 is 0 Å². The average Bonchev–Trinajstić information content (AvgIpc) is 2.31. The molecule has 0 radical (unpaired) electrons. The van der Waals surface area contributed by atoms with Gasteiger partial charge in [0.2, 0.25) is 0 Å². The molecular weight excluding hydrogens is 184 g/mol. The fourth-order valence-electron chi connectivity index (χ4n) is 3.09. The van der Waals surface area contributed by atoms with Gasteiger partial charge < -0.3 is 10.6 Å². The van der Waals surface area contributed by atoms with Crippen molar-refractivity contribution >= 4 is 5.69 Å². The Hall–Kier alpha value is -1.02. The standard InChI is InChI=1S/C13H18N2/c14-13-8-12-7-6-10(13)9-15(12)11-4-2-1-3-5-11/h1-5,10,12-13H,6-9,14H2. The fraction of sp³-hybridized carbons (Fsp3) is 0.538. The van der Waals surface area contributed by atoms with Crippen LogP contribution in [0.25, 0.3) is 0 Å². The van der Waals surface area contributed by atoms with E-state index in [9.17, 15) is 0 Å². The second-order valence-electron chi connectivity index (χ2n) is 4.88. The molecule has 1 aromatic rings. The highest BCUT2D eigenvalue weighted by Crippen LogP contribution is 2.36. The fourth-order valence-corrected chi connectivity index (χ4v) is 3.09. The molecule has 0 amide bonds. The molecule has 3 atom stereocenters. The summed E-state index contributed by atoms with van der Waals surface area (Å²) in [5, 5.41) is 0. The van der Waals surface area contributed by atoms with E-state index in [4.69, 9.17) is 5.73 Å². The van der Waals surface area contributed by atoms with E-state index in [0.717, 1.165) is 12.5 Å². The highest BCUT2D eigenvalue weighted by molar-refractivity contribution is 5.48. The second-order valence-corrected chi connectivity index (χ2v) is 4.88. The lowest BCUT2D eigenvalue weighted by molar-refractivity contribution is 0.217. The Kier molecular flexibility index (Phi) is 2.17. The first-order chi connectivity index (χ1) is 7.34. The lowest BCUT2D eigenvalue weighted by Gasteiger charge is -2.49. The molecule has 2 heterocycles. The Bertz CT molecular complexity index is 336. The molecule has 80 valence electrons. The molecule has 0 spiro atoms. The Labute approximate surface area is 91.1 Å². The number of anilines is 1. The summed E-state index contributed by atoms with van der Waals surface area (Å²) in [7, 11) is 0. The molecule has 2 heteroatoms. The minimum absolute atomic E-state index is 0.448. The number of para-hydroxylation sites is 1. The van der Waals surface area contributed by atoms with Gasteiger partial charge in [-0.3, -0.25) is 0 Å². The third-order valence-corrected chi connectivity index (χ3v) is 3.98. The third kappa shape index (κ3) is 1.53. The maximum absolute atomic E-state index is 6.13. The minimum Gasteiger partial charge on any atom is -0.368 e. The number of nitrogens with zero attached hydrogens (tertiary/aromatic N) is 1. The summed E-state index contributed by atoms with van der Waals surface area (Å²) in [5.74, 6) is 0.718. The van der Waals surface area contributed by atoms with Gasteiger partial charge in [0.15, 0.2) is 0 Å². The molecule has 15 heavy (non-hydrogen) atoms. The molecule has 2 N–H and O–H groups in total. The molecule has 3 unspecified atom stereocenters. The van der Waals surface area contributed by atoms with Crippen LogP contribution in [-0.2, 0) is 0 Å². The quantitative estimate of drug-likeness (QED) is 0.754. The van der Waals surface area contributed by atoms with E-state index < -0.39 is 0 Å². The first-order valence-corrected chi connectivity index (χ1v) is 5.92. The van der Waals surface area contributed by atoms with Gasteiger partial charge in [-0.1, -0.05) is 18.2 Å². The molecule has 3 fully saturated rings. The van der Waals surface area contributed by atoms with Gasteiger partial charge in [0, 0.05) is 24.3 Å². The summed E-state index contributed by atoms with van der Waals surface area (Å²) in [6.07, 6.45) is 3.84. The van der Waals surface area contributed by atoms with E-state index in [1.807, 2.05) is 0 Å². The van der Waals surface area contributed by atoms with Crippen molar-refractivity contribution in [1.29, 1.82) is 0 Å². The Morgan fingerprint density at radius 1 is 1.13 bits per heavy atom. The van der Waals surface area contributed by atoms with E-state index in [-0.39, 0.29) is 0 Å². The Balaban J connectivity index is 1.85. The van der Waals surface area contributed by atoms with Gasteiger partial charge in [-0.05, 0) is 37.3 Å². The van der Waals surface area contributed by atoms with Crippen LogP contribution < -0.4 is 10.6 Å². The van der Waals surface area contributed by atoms with E-state index in [1.165, 1.54) is 24.9 Å². The van der Waals surface area contributed by atoms with E-state index in [1.54, 1.807) is 0 Å². The van der Waals surface area contributed by atoms with Crippen molar-refractivity contribution in [3.05, 3.63) is 30.3 Å². The number of hydrogen-bond acceptors (Lipinski definition) is 2. The molecular formula is C13H18N2. The van der Waals surface area contributed by atoms with Crippen LogP contribution in [-0.4, -0.2) is 18.6 Å². The van der Waals surface area contributed by atoms with Crippen LogP contribution in [0.2, 0.25) is 0 Å². The highest BCUT2D eigenvalue weighted by Gasteiger charge is 2.38. The zero-order chi connectivity index (χ0) is 10.3. The number of fused-ring (bicyclic) bond motifs is 3. The lowest BCUT2D eigenvalue weighted by Crippen LogP contribution is -2.56. The molecule has 2 bridgehead atoms. The van der Waals surface area contributed by atoms with Crippen molar-refractivity contribution in [3.8, 4) is 0 Å². The molecule has 1 aliphatic carbocycles. The van der Waals surface area contributed by atoms with Crippen LogP contribution in [0.3, 0.4) is 0 Å². The largest absolute Gasteiger partial charge is 0.368 e. The van der Waals surface area contributed by atoms with Crippen LogP contribution in [0.5, 0.6) is 0 Å². The second kappa shape index (κ2) is 3.53. The maximum Gasteiger partial charge on any atom is 0.0368 e. The Morgan fingerprint density at radius 2 is 1.93 bits per heavy atom. The molecule has 4 rings (SSSR count). The van der Waals surface area contributed by atoms with Crippen molar-refractivity contribution in [1.82, 2.24) is 0 Å². The van der Waals surface area contributed by atoms with Gasteiger partial charge in [0.1, 0.15) is 0 Å². The van der Waals surface area contributed by atoms with Crippen LogP contribution in [0, 0.1) is 5.92 Å². The van der Waals surface area contributed by atoms with Gasteiger partial charge >= 0.3 is 0 Å². The van der Waals surface area contributed by atoms with Gasteiger partial charge in [0.25, 0.3) is 0 Å². The van der Waals surface area contributed by atoms with Gasteiger partial charge in [-0.15, -0.1) is 0 Å². The van der Waals surface area contributed by atoms with E-state index in [0.29, 0.717) is 12.1 Å². The summed E-state index contributed by atoms with van der Waals surface area (Å²) in [4.78, 5) is 2.55. The van der Waals surface area contributed by atoms with E-state index >= 15 is 0 Å². The summed E-state index contributed by atoms with van der Waals surface area (Å²) >= 11 is 0. The van der Waals surface area contributed by atoms with Crippen molar-refractivity contribution in [2.75, 3.05) is 11.4 Å². The number of rotatable bonds is 1. The van der Waals surface area contributed by atoms with Gasteiger partial charge in [0.05, 0.1) is 0 Å². The number of benzene rings is 1. The first kappa shape index (κ1) is 9.22. The van der Waals surface area contributed by atoms with Crippen molar-refractivity contribution in [2.24, 2.45) is 11.7 Å². The minimum atomic E-state index is 0.448. The van der Waals surface area contributed by atoms with Gasteiger partial charge in [-0.25, -0.2) is 0 Å². The van der Waals surface area contributed by atoms with Gasteiger partial charge in [-0.2, -0.15) is 0 Å². The number of hydrogen-bond donors (Lipinski definition) is 1. The zero-order valence-corrected chi connectivity index (χ0v) is 8.97. The molecule has 0 aromatic heterocycles. The first-order valence-electron chi connectivity index (χ1n) is 5.92. The average molecular weight is 202 g/mol. The normalized spacial score (nSPS) is 34.5. The number of piperidine rings is 2. The smallest absolute Gasteiger partial charge is 0.0368 e. The van der Waals surface area contributed by atoms with Crippen LogP contribution in [0.4, 0.5) is 5.69 Å². The Morgan fingerprint density at radius 3 is 2.53 bits per heavy atom. The third-order valence-electron chi connectivity index (χ3n) is 3.98. The summed E-state index contributed by atoms with van der Waals surface area (Å²) in [5.41, 5.74) is 7.51. The van der Waals surface area contributed by atoms with E-state index in [2.05, 4.69) is 35.2 Å². The molecule has 2 nitrogen and oxygen atoms in total. The van der Waals surface area contributed by atoms with Crippen molar-refractivity contribution in [2.45, 2.75) is 31.3 Å². The predicted octanol–water partition coefficient (Wildman–Crippen LogP) is 2.00. The zero-order valence-electron chi connectivity index (χ0n) is 8.97. The molecule has 1 saturated carbocycles. The molecule has 1 aromatic carbocycles. The predicted molar refractivity (Wildman–Crippen MR) is 62.9 cm³/mol. The summed E-state index contributed by atoms with van der Waals surface area (Å²) in [6, 6.07) is 11.9. The molecule has 3 aliphatic rings. The molecule has 2 aliphatic heterocycles. The SMILES string of the molecule is NC1CC2CCC1CN2c1ccccc1. The highest BCUT2D eigenvalue weighted by atomic mass is 15.2. The van der Waals surface area contributed by atoms with Crippen molar-refractivity contribution in [3.63, 3.8) is 0 Å². The topological polar surface area (TPSA) is 29.3 Å². The summed E-state index contributed by atoms with van der Waals surface area (Å²) < 4.78 is 0.